The van der Waals surface area contributed by atoms with Crippen LogP contribution in [0, 0.1) is 0 Å². The number of carbonyl (C=O) groups excluding carboxylic acids is 1. The Balaban J connectivity index is 1.55. The molecule has 1 amide bonds. The zero-order chi connectivity index (χ0) is 22.8. The maximum atomic E-state index is 12.5. The van der Waals surface area contributed by atoms with Crippen LogP contribution < -0.4 is 10.2 Å². The molecule has 0 bridgehead atoms. The number of hydrogen-bond donors (Lipinski definition) is 1. The molecule has 0 radical (unpaired) electrons. The maximum Gasteiger partial charge on any atom is 0.414 e. The maximum absolute atomic E-state index is 12.5. The molecule has 1 aromatic heterocycles. The van der Waals surface area contributed by atoms with Gasteiger partial charge in [-0.1, -0.05) is 30.3 Å². The van der Waals surface area contributed by atoms with Gasteiger partial charge < -0.3 is 14.6 Å². The largest absolute Gasteiger partial charge is 0.452 e. The normalized spacial score (nSPS) is 19.0. The number of imidazole rings is 1. The Kier molecular flexibility index (Phi) is 6.33. The van der Waals surface area contributed by atoms with E-state index in [1.807, 2.05) is 0 Å². The number of anilines is 1. The number of nitrogens with one attached hydrogen (secondary N) is 1. The zero-order valence-corrected chi connectivity index (χ0v) is 19.6. The summed E-state index contributed by atoms with van der Waals surface area (Å²) < 4.78 is 7.49. The highest BCUT2D eigenvalue weighted by Gasteiger charge is 2.31. The van der Waals surface area contributed by atoms with Crippen LogP contribution in [-0.4, -0.2) is 66.4 Å². The van der Waals surface area contributed by atoms with Crippen molar-refractivity contribution in [2.75, 3.05) is 44.7 Å². The standard InChI is InChI=1S/C26H33N5O2/c1-19-8-9-21-22(31(19)26(32)33-2)10-11-23-25(21)28-24(18-20-6-4-3-5-7-20)30(23)17-16-29-14-12-27-13-15-29/h3-7,10-11,19,27H,8-9,12-18H2,1-2H3/t19-/m0/s1. The summed E-state index contributed by atoms with van der Waals surface area (Å²) in [6.45, 7) is 8.28. The van der Waals surface area contributed by atoms with Gasteiger partial charge in [-0.05, 0) is 37.5 Å². The van der Waals surface area contributed by atoms with Gasteiger partial charge >= 0.3 is 6.09 Å². The molecule has 1 fully saturated rings. The minimum atomic E-state index is -0.301. The van der Waals surface area contributed by atoms with Gasteiger partial charge in [-0.15, -0.1) is 0 Å². The molecule has 33 heavy (non-hydrogen) atoms. The SMILES string of the molecule is COC(=O)N1c2ccc3c(nc(Cc4ccccc4)n3CCN3CCNCC3)c2CC[C@@H]1C. The van der Waals surface area contributed by atoms with Gasteiger partial charge in [0.15, 0.2) is 0 Å². The number of piperazine rings is 1. The molecule has 0 unspecified atom stereocenters. The van der Waals surface area contributed by atoms with Crippen molar-refractivity contribution >= 4 is 22.8 Å². The summed E-state index contributed by atoms with van der Waals surface area (Å²) >= 11 is 0. The van der Waals surface area contributed by atoms with E-state index < -0.39 is 0 Å². The van der Waals surface area contributed by atoms with E-state index >= 15 is 0 Å². The van der Waals surface area contributed by atoms with E-state index in [9.17, 15) is 4.79 Å². The van der Waals surface area contributed by atoms with E-state index in [2.05, 4.69) is 64.2 Å². The molecule has 0 aliphatic carbocycles. The first-order valence-electron chi connectivity index (χ1n) is 12.0. The number of fused-ring (bicyclic) bond motifs is 3. The van der Waals surface area contributed by atoms with Crippen molar-refractivity contribution in [3.05, 3.63) is 59.4 Å². The molecule has 2 aliphatic heterocycles. The lowest BCUT2D eigenvalue weighted by Crippen LogP contribution is -2.44. The summed E-state index contributed by atoms with van der Waals surface area (Å²) in [6.07, 6.45) is 2.32. The Morgan fingerprint density at radius 3 is 2.67 bits per heavy atom. The fraction of sp³-hybridized carbons (Fsp3) is 0.462. The number of rotatable bonds is 5. The molecule has 5 rings (SSSR count). The second-order valence-electron chi connectivity index (χ2n) is 9.09. The van der Waals surface area contributed by atoms with Gasteiger partial charge in [-0.2, -0.15) is 0 Å². The van der Waals surface area contributed by atoms with Crippen molar-refractivity contribution in [3.63, 3.8) is 0 Å². The Hall–Kier alpha value is -2.90. The minimum absolute atomic E-state index is 0.112. The van der Waals surface area contributed by atoms with Crippen LogP contribution in [-0.2, 0) is 24.1 Å². The van der Waals surface area contributed by atoms with Crippen LogP contribution in [0.25, 0.3) is 11.0 Å². The summed E-state index contributed by atoms with van der Waals surface area (Å²) in [6, 6.07) is 14.9. The Labute approximate surface area is 195 Å². The smallest absolute Gasteiger partial charge is 0.414 e. The highest BCUT2D eigenvalue weighted by Crippen LogP contribution is 2.36. The van der Waals surface area contributed by atoms with Gasteiger partial charge in [0, 0.05) is 57.3 Å². The summed E-state index contributed by atoms with van der Waals surface area (Å²) in [4.78, 5) is 22.0. The lowest BCUT2D eigenvalue weighted by atomic mass is 9.96. The second kappa shape index (κ2) is 9.53. The number of carbonyl (C=O) groups is 1. The van der Waals surface area contributed by atoms with E-state index in [0.717, 1.165) is 86.6 Å². The van der Waals surface area contributed by atoms with E-state index in [1.165, 1.54) is 12.7 Å². The van der Waals surface area contributed by atoms with Crippen molar-refractivity contribution in [1.82, 2.24) is 19.8 Å². The first-order chi connectivity index (χ1) is 16.2. The molecule has 1 N–H and O–H groups in total. The highest BCUT2D eigenvalue weighted by molar-refractivity contribution is 5.95. The van der Waals surface area contributed by atoms with Crippen molar-refractivity contribution in [2.24, 2.45) is 0 Å². The average molecular weight is 448 g/mol. The second-order valence-corrected chi connectivity index (χ2v) is 9.09. The van der Waals surface area contributed by atoms with Gasteiger partial charge in [0.05, 0.1) is 23.8 Å². The quantitative estimate of drug-likeness (QED) is 0.649. The third-order valence-electron chi connectivity index (χ3n) is 7.02. The highest BCUT2D eigenvalue weighted by atomic mass is 16.5. The number of nitrogens with zero attached hydrogens (tertiary/aromatic N) is 4. The van der Waals surface area contributed by atoms with Gasteiger partial charge in [-0.25, -0.2) is 9.78 Å². The molecule has 7 heteroatoms. The fourth-order valence-electron chi connectivity index (χ4n) is 5.19. The number of ether oxygens (including phenoxy) is 1. The van der Waals surface area contributed by atoms with E-state index in [-0.39, 0.29) is 12.1 Å². The van der Waals surface area contributed by atoms with E-state index in [4.69, 9.17) is 9.72 Å². The molecule has 1 saturated heterocycles. The summed E-state index contributed by atoms with van der Waals surface area (Å²) in [7, 11) is 1.45. The molecular weight excluding hydrogens is 414 g/mol. The first kappa shape index (κ1) is 21.9. The van der Waals surface area contributed by atoms with Crippen molar-refractivity contribution in [3.8, 4) is 0 Å². The molecular formula is C26H33N5O2. The minimum Gasteiger partial charge on any atom is -0.452 e. The van der Waals surface area contributed by atoms with Crippen LogP contribution in [0.2, 0.25) is 0 Å². The molecule has 2 aromatic carbocycles. The van der Waals surface area contributed by atoms with Crippen LogP contribution >= 0.6 is 0 Å². The third kappa shape index (κ3) is 4.35. The lowest BCUT2D eigenvalue weighted by Gasteiger charge is -2.34. The molecule has 0 saturated carbocycles. The number of benzene rings is 2. The molecule has 7 nitrogen and oxygen atoms in total. The Morgan fingerprint density at radius 1 is 1.12 bits per heavy atom. The van der Waals surface area contributed by atoms with E-state index in [0.29, 0.717) is 0 Å². The lowest BCUT2D eigenvalue weighted by molar-refractivity contribution is 0.175. The van der Waals surface area contributed by atoms with Crippen LogP contribution in [0.4, 0.5) is 10.5 Å². The van der Waals surface area contributed by atoms with Crippen LogP contribution in [0.15, 0.2) is 42.5 Å². The monoisotopic (exact) mass is 447 g/mol. The summed E-state index contributed by atoms with van der Waals surface area (Å²) in [5.74, 6) is 1.09. The molecule has 174 valence electrons. The van der Waals surface area contributed by atoms with Crippen LogP contribution in [0.5, 0.6) is 0 Å². The predicted octanol–water partition coefficient (Wildman–Crippen LogP) is 3.44. The molecule has 3 heterocycles. The molecule has 1 atom stereocenters. The fourth-order valence-corrected chi connectivity index (χ4v) is 5.19. The van der Waals surface area contributed by atoms with Crippen molar-refractivity contribution in [2.45, 2.75) is 38.8 Å². The molecule has 3 aromatic rings. The van der Waals surface area contributed by atoms with Crippen LogP contribution in [0.1, 0.15) is 30.3 Å². The Bertz CT molecular complexity index is 1120. The molecule has 0 spiro atoms. The number of aromatic nitrogens is 2. The first-order valence-corrected chi connectivity index (χ1v) is 12.0. The zero-order valence-electron chi connectivity index (χ0n) is 19.6. The predicted molar refractivity (Wildman–Crippen MR) is 131 cm³/mol. The number of hydrogen-bond acceptors (Lipinski definition) is 5. The number of amides is 1. The average Bonchev–Trinajstić information content (AvgIpc) is 3.20. The summed E-state index contributed by atoms with van der Waals surface area (Å²) in [5, 5.41) is 3.43. The van der Waals surface area contributed by atoms with Gasteiger partial charge in [0.2, 0.25) is 0 Å². The number of methoxy groups -OCH3 is 1. The van der Waals surface area contributed by atoms with E-state index in [1.54, 1.807) is 4.90 Å². The third-order valence-corrected chi connectivity index (χ3v) is 7.02. The van der Waals surface area contributed by atoms with Gasteiger partial charge in [-0.3, -0.25) is 9.80 Å². The van der Waals surface area contributed by atoms with Crippen LogP contribution in [0.3, 0.4) is 0 Å². The van der Waals surface area contributed by atoms with Gasteiger partial charge in [0.1, 0.15) is 5.82 Å². The van der Waals surface area contributed by atoms with Crippen molar-refractivity contribution in [1.29, 1.82) is 0 Å². The van der Waals surface area contributed by atoms with Gasteiger partial charge in [0.25, 0.3) is 0 Å². The molecule has 2 aliphatic rings. The topological polar surface area (TPSA) is 62.6 Å². The van der Waals surface area contributed by atoms with Crippen molar-refractivity contribution < 1.29 is 9.53 Å². The Morgan fingerprint density at radius 2 is 1.91 bits per heavy atom. The summed E-state index contributed by atoms with van der Waals surface area (Å²) in [5.41, 5.74) is 5.54. The number of aryl methyl sites for hydroxylation is 1.